The van der Waals surface area contributed by atoms with Crippen molar-refractivity contribution in [2.24, 2.45) is 17.8 Å². The molecule has 1 rings (SSSR count). The summed E-state index contributed by atoms with van der Waals surface area (Å²) in [6.45, 7) is 16.0. The molecule has 0 bridgehead atoms. The van der Waals surface area contributed by atoms with Gasteiger partial charge in [-0.05, 0) is 58.1 Å². The highest BCUT2D eigenvalue weighted by Gasteiger charge is 2.34. The van der Waals surface area contributed by atoms with E-state index in [1.807, 2.05) is 65.8 Å². The Morgan fingerprint density at radius 1 is 1.24 bits per heavy atom. The predicted molar refractivity (Wildman–Crippen MR) is 144 cm³/mol. The van der Waals surface area contributed by atoms with Gasteiger partial charge in [0.2, 0.25) is 0 Å². The zero-order chi connectivity index (χ0) is 28.2. The number of amides is 1. The van der Waals surface area contributed by atoms with Crippen molar-refractivity contribution in [1.29, 1.82) is 0 Å². The maximum atomic E-state index is 12.7. The van der Waals surface area contributed by atoms with Crippen molar-refractivity contribution in [3.63, 3.8) is 0 Å². The molecule has 1 aliphatic heterocycles. The Labute approximate surface area is 222 Å². The average molecular weight is 522 g/mol. The van der Waals surface area contributed by atoms with Gasteiger partial charge in [-0.15, -0.1) is 0 Å². The number of cyclic esters (lactones) is 1. The highest BCUT2D eigenvalue weighted by molar-refractivity contribution is 5.70. The lowest BCUT2D eigenvalue weighted by Crippen LogP contribution is -2.41. The fraction of sp³-hybridized carbons (Fsp3) is 0.690. The predicted octanol–water partition coefficient (Wildman–Crippen LogP) is 5.21. The molecule has 8 nitrogen and oxygen atoms in total. The van der Waals surface area contributed by atoms with Crippen LogP contribution in [0.15, 0.2) is 36.0 Å². The molecule has 0 aliphatic carbocycles. The van der Waals surface area contributed by atoms with E-state index in [-0.39, 0.29) is 42.8 Å². The monoisotopic (exact) mass is 521 g/mol. The van der Waals surface area contributed by atoms with Gasteiger partial charge in [0.1, 0.15) is 17.8 Å². The van der Waals surface area contributed by atoms with Crippen LogP contribution in [-0.4, -0.2) is 65.5 Å². The third-order valence-electron chi connectivity index (χ3n) is 6.63. The second kappa shape index (κ2) is 15.6. The molecular weight excluding hydrogens is 474 g/mol. The maximum absolute atomic E-state index is 12.7. The van der Waals surface area contributed by atoms with Crippen LogP contribution in [0.1, 0.15) is 74.7 Å². The molecular formula is C29H47NO7. The normalized spacial score (nSPS) is 29.4. The molecule has 0 saturated heterocycles. The number of carbonyl (C=O) groups excluding carboxylic acids is 3. The van der Waals surface area contributed by atoms with Crippen LogP contribution in [0.2, 0.25) is 0 Å². The van der Waals surface area contributed by atoms with Crippen molar-refractivity contribution < 1.29 is 33.7 Å². The summed E-state index contributed by atoms with van der Waals surface area (Å²) in [6.07, 6.45) is 8.76. The topological polar surface area (TPSA) is 102 Å². The Kier molecular flexibility index (Phi) is 13.7. The smallest absolute Gasteiger partial charge is 0.409 e. The molecule has 0 fully saturated rings. The Balaban J connectivity index is 3.05. The molecule has 8 heteroatoms. The van der Waals surface area contributed by atoms with Gasteiger partial charge in [-0.3, -0.25) is 9.59 Å². The third-order valence-corrected chi connectivity index (χ3v) is 6.63. The minimum absolute atomic E-state index is 0.000368. The Bertz CT molecular complexity index is 841. The number of nitrogens with zero attached hydrogens (tertiary/aromatic N) is 1. The minimum Gasteiger partial charge on any atom is -0.457 e. The standard InChI is InChI=1S/C29H47NO7/c1-9-30(10-2)28(33)35-19-21(4)12-11-13-22(5)27-23(6)14-15-25(36-24(7)31)29(8,34)17-16-20(3)18-26(32)37-27/h11-15,20-21,23,25,27,34H,9-10,16-19H2,1-8H3/b12-11+,15-14+,22-13+/t20-,21-,23+,25+,27-,29-/m1/s1. The summed E-state index contributed by atoms with van der Waals surface area (Å²) in [6, 6.07) is 0. The zero-order valence-corrected chi connectivity index (χ0v) is 23.9. The fourth-order valence-corrected chi connectivity index (χ4v) is 4.12. The second-order valence-corrected chi connectivity index (χ2v) is 10.4. The van der Waals surface area contributed by atoms with E-state index < -0.39 is 23.8 Å². The van der Waals surface area contributed by atoms with E-state index in [4.69, 9.17) is 14.2 Å². The summed E-state index contributed by atoms with van der Waals surface area (Å²) in [5, 5.41) is 11.0. The van der Waals surface area contributed by atoms with Crippen molar-refractivity contribution in [2.45, 2.75) is 92.5 Å². The SMILES string of the molecule is CCN(CC)C(=O)OC[C@H](C)/C=C/C=C(\C)[C@H]1OC(=O)C[C@H](C)CC[C@@](C)(O)[C@@H](OC(C)=O)/C=C/[C@@H]1C. The van der Waals surface area contributed by atoms with Gasteiger partial charge >= 0.3 is 18.0 Å². The average Bonchev–Trinajstić information content (AvgIpc) is 2.82. The van der Waals surface area contributed by atoms with Gasteiger partial charge in [0.25, 0.3) is 0 Å². The van der Waals surface area contributed by atoms with Crippen molar-refractivity contribution in [1.82, 2.24) is 4.90 Å². The van der Waals surface area contributed by atoms with Crippen LogP contribution in [0.5, 0.6) is 0 Å². The highest BCUT2D eigenvalue weighted by Crippen LogP contribution is 2.28. The number of rotatable bonds is 8. The first-order chi connectivity index (χ1) is 17.3. The first kappa shape index (κ1) is 32.4. The summed E-state index contributed by atoms with van der Waals surface area (Å²) in [5.74, 6) is -0.982. The summed E-state index contributed by atoms with van der Waals surface area (Å²) in [5.41, 5.74) is -0.414. The summed E-state index contributed by atoms with van der Waals surface area (Å²) in [4.78, 5) is 38.0. The van der Waals surface area contributed by atoms with E-state index in [2.05, 4.69) is 0 Å². The molecule has 6 atom stereocenters. The van der Waals surface area contributed by atoms with E-state index in [1.54, 1.807) is 17.9 Å². The van der Waals surface area contributed by atoms with E-state index in [1.165, 1.54) is 6.92 Å². The molecule has 0 saturated carbocycles. The third kappa shape index (κ3) is 11.5. The van der Waals surface area contributed by atoms with Crippen LogP contribution >= 0.6 is 0 Å². The number of carbonyl (C=O) groups is 3. The molecule has 0 unspecified atom stereocenters. The Hall–Kier alpha value is -2.61. The van der Waals surface area contributed by atoms with Crippen molar-refractivity contribution >= 4 is 18.0 Å². The molecule has 210 valence electrons. The number of esters is 2. The van der Waals surface area contributed by atoms with E-state index in [0.717, 1.165) is 5.57 Å². The summed E-state index contributed by atoms with van der Waals surface area (Å²) in [7, 11) is 0. The molecule has 0 spiro atoms. The highest BCUT2D eigenvalue weighted by atomic mass is 16.6. The van der Waals surface area contributed by atoms with Crippen molar-refractivity contribution in [2.75, 3.05) is 19.7 Å². The van der Waals surface area contributed by atoms with E-state index in [9.17, 15) is 19.5 Å². The quantitative estimate of drug-likeness (QED) is 0.202. The summed E-state index contributed by atoms with van der Waals surface area (Å²) >= 11 is 0. The molecule has 0 aromatic heterocycles. The second-order valence-electron chi connectivity index (χ2n) is 10.4. The zero-order valence-electron chi connectivity index (χ0n) is 23.9. The lowest BCUT2D eigenvalue weighted by Gasteiger charge is -2.32. The van der Waals surface area contributed by atoms with Crippen LogP contribution in [0.3, 0.4) is 0 Å². The number of allylic oxidation sites excluding steroid dienone is 2. The molecule has 0 aromatic carbocycles. The van der Waals surface area contributed by atoms with Crippen LogP contribution in [0.25, 0.3) is 0 Å². The molecule has 0 aromatic rings. The largest absolute Gasteiger partial charge is 0.457 e. The van der Waals surface area contributed by atoms with Crippen molar-refractivity contribution in [3.05, 3.63) is 36.0 Å². The molecule has 37 heavy (non-hydrogen) atoms. The number of hydrogen-bond acceptors (Lipinski definition) is 7. The first-order valence-corrected chi connectivity index (χ1v) is 13.3. The van der Waals surface area contributed by atoms with Crippen LogP contribution in [-0.2, 0) is 23.8 Å². The maximum Gasteiger partial charge on any atom is 0.409 e. The molecule has 1 heterocycles. The lowest BCUT2D eigenvalue weighted by molar-refractivity contribution is -0.156. The van der Waals surface area contributed by atoms with Gasteiger partial charge in [-0.2, -0.15) is 0 Å². The first-order valence-electron chi connectivity index (χ1n) is 13.3. The number of ether oxygens (including phenoxy) is 3. The van der Waals surface area contributed by atoms with Crippen molar-refractivity contribution in [3.8, 4) is 0 Å². The minimum atomic E-state index is -1.26. The van der Waals surface area contributed by atoms with Gasteiger partial charge in [0, 0.05) is 38.3 Å². The summed E-state index contributed by atoms with van der Waals surface area (Å²) < 4.78 is 16.7. The van der Waals surface area contributed by atoms with Gasteiger partial charge < -0.3 is 24.2 Å². The van der Waals surface area contributed by atoms with Gasteiger partial charge in [-0.1, -0.05) is 45.1 Å². The van der Waals surface area contributed by atoms with Gasteiger partial charge in [0.05, 0.1) is 6.61 Å². The van der Waals surface area contributed by atoms with Crippen LogP contribution in [0.4, 0.5) is 4.79 Å². The van der Waals surface area contributed by atoms with Gasteiger partial charge in [0.15, 0.2) is 0 Å². The lowest BCUT2D eigenvalue weighted by atomic mass is 9.87. The number of hydrogen-bond donors (Lipinski definition) is 1. The molecule has 1 amide bonds. The van der Waals surface area contributed by atoms with E-state index >= 15 is 0 Å². The van der Waals surface area contributed by atoms with Crippen LogP contribution < -0.4 is 0 Å². The van der Waals surface area contributed by atoms with Crippen LogP contribution in [0, 0.1) is 17.8 Å². The fourth-order valence-electron chi connectivity index (χ4n) is 4.12. The number of aliphatic hydroxyl groups is 1. The molecule has 1 aliphatic rings. The molecule has 1 N–H and O–H groups in total. The van der Waals surface area contributed by atoms with Gasteiger partial charge in [-0.25, -0.2) is 4.79 Å². The Morgan fingerprint density at radius 2 is 1.89 bits per heavy atom. The Morgan fingerprint density at radius 3 is 2.49 bits per heavy atom. The van der Waals surface area contributed by atoms with E-state index in [0.29, 0.717) is 25.9 Å². The molecule has 0 radical (unpaired) electrons.